The number of hydrogen-bond acceptors (Lipinski definition) is 8. The zero-order valence-electron chi connectivity index (χ0n) is 21.5. The van der Waals surface area contributed by atoms with Crippen molar-refractivity contribution in [2.24, 2.45) is 0 Å². The van der Waals surface area contributed by atoms with Crippen molar-refractivity contribution in [3.8, 4) is 0 Å². The van der Waals surface area contributed by atoms with E-state index in [-0.39, 0.29) is 5.91 Å². The molecule has 1 amide bonds. The summed E-state index contributed by atoms with van der Waals surface area (Å²) in [4.78, 5) is 32.2. The molecule has 6 rings (SSSR count). The van der Waals surface area contributed by atoms with Crippen molar-refractivity contribution in [2.75, 3.05) is 60.2 Å². The molecule has 200 valence electrons. The van der Waals surface area contributed by atoms with E-state index >= 15 is 0 Å². The van der Waals surface area contributed by atoms with Gasteiger partial charge in [-0.15, -0.1) is 0 Å². The average molecular weight is 563 g/mol. The smallest absolute Gasteiger partial charge is 0.229 e. The molecule has 4 aromatic rings. The van der Waals surface area contributed by atoms with E-state index in [1.807, 2.05) is 24.3 Å². The highest BCUT2D eigenvalue weighted by atomic mass is 35.5. The second-order valence-corrected chi connectivity index (χ2v) is 10.6. The predicted molar refractivity (Wildman–Crippen MR) is 158 cm³/mol. The topological polar surface area (TPSA) is 89.5 Å². The molecule has 0 atom stereocenters. The number of likely N-dealkylation sites (N-methyl/N-ethyl adjacent to an activating group) is 1. The lowest BCUT2D eigenvalue weighted by atomic mass is 10.0. The van der Waals surface area contributed by atoms with E-state index in [0.717, 1.165) is 54.7 Å². The molecule has 0 bridgehead atoms. The third kappa shape index (κ3) is 5.17. The van der Waals surface area contributed by atoms with Gasteiger partial charge >= 0.3 is 0 Å². The molecule has 2 N–H and O–H groups in total. The molecule has 2 aromatic carbocycles. The lowest BCUT2D eigenvalue weighted by molar-refractivity contribution is -0.117. The number of amides is 1. The van der Waals surface area contributed by atoms with Crippen molar-refractivity contribution in [1.82, 2.24) is 19.9 Å². The van der Waals surface area contributed by atoms with Crippen LogP contribution in [0.25, 0.3) is 10.8 Å². The standard InChI is InChI=1S/C28H28Cl2N8O/c1-36-12-14-37(15-13-36)25-19-7-3-2-6-18(19)23(16-20(25)29)34-28-32-17-21(30)26(35-28)33-22-8-4-10-31-27(22)38-11-5-9-24(38)39/h2-4,6-8,10,16-17H,5,9,11-15H2,1H3,(H2,32,33,34,35). The highest BCUT2D eigenvalue weighted by molar-refractivity contribution is 6.36. The Hall–Kier alpha value is -3.66. The lowest BCUT2D eigenvalue weighted by Gasteiger charge is -2.35. The van der Waals surface area contributed by atoms with Gasteiger partial charge in [0.1, 0.15) is 5.02 Å². The van der Waals surface area contributed by atoms with Crippen LogP contribution in [0.15, 0.2) is 54.9 Å². The summed E-state index contributed by atoms with van der Waals surface area (Å²) in [5.41, 5.74) is 2.49. The largest absolute Gasteiger partial charge is 0.367 e. The second kappa shape index (κ2) is 10.8. The molecular formula is C28H28Cl2N8O. The van der Waals surface area contributed by atoms with Crippen LogP contribution in [0.1, 0.15) is 12.8 Å². The molecule has 2 aromatic heterocycles. The molecule has 0 aliphatic carbocycles. The van der Waals surface area contributed by atoms with E-state index < -0.39 is 0 Å². The molecule has 0 saturated carbocycles. The average Bonchev–Trinajstić information content (AvgIpc) is 3.37. The third-order valence-electron chi connectivity index (χ3n) is 7.15. The summed E-state index contributed by atoms with van der Waals surface area (Å²) in [7, 11) is 2.14. The Bertz CT molecular complexity index is 1540. The molecule has 2 saturated heterocycles. The maximum Gasteiger partial charge on any atom is 0.229 e. The van der Waals surface area contributed by atoms with Crippen molar-refractivity contribution in [3.05, 3.63) is 64.9 Å². The predicted octanol–water partition coefficient (Wildman–Crippen LogP) is 5.70. The number of anilines is 6. The van der Waals surface area contributed by atoms with Gasteiger partial charge in [-0.05, 0) is 31.7 Å². The Morgan fingerprint density at radius 2 is 1.67 bits per heavy atom. The number of halogens is 2. The third-order valence-corrected chi connectivity index (χ3v) is 7.71. The summed E-state index contributed by atoms with van der Waals surface area (Å²) >= 11 is 13.4. The number of carbonyl (C=O) groups is 1. The highest BCUT2D eigenvalue weighted by Crippen LogP contribution is 2.40. The summed E-state index contributed by atoms with van der Waals surface area (Å²) in [6.45, 7) is 4.45. The van der Waals surface area contributed by atoms with Gasteiger partial charge in [0.2, 0.25) is 11.9 Å². The number of aromatic nitrogens is 3. The quantitative estimate of drug-likeness (QED) is 0.309. The zero-order chi connectivity index (χ0) is 26.9. The number of nitrogens with one attached hydrogen (secondary N) is 2. The Balaban J connectivity index is 1.31. The van der Waals surface area contributed by atoms with Gasteiger partial charge in [0.25, 0.3) is 0 Å². The maximum absolute atomic E-state index is 12.4. The number of nitrogens with zero attached hydrogens (tertiary/aromatic N) is 6. The Morgan fingerprint density at radius 3 is 2.44 bits per heavy atom. The molecule has 0 radical (unpaired) electrons. The van der Waals surface area contributed by atoms with Gasteiger partial charge in [0.05, 0.1) is 28.3 Å². The summed E-state index contributed by atoms with van der Waals surface area (Å²) in [6, 6.07) is 13.8. The van der Waals surface area contributed by atoms with Crippen LogP contribution in [-0.4, -0.2) is 65.5 Å². The number of rotatable bonds is 6. The monoisotopic (exact) mass is 562 g/mol. The van der Waals surface area contributed by atoms with E-state index in [9.17, 15) is 4.79 Å². The zero-order valence-corrected chi connectivity index (χ0v) is 23.0. The van der Waals surface area contributed by atoms with E-state index in [2.05, 4.69) is 54.6 Å². The first kappa shape index (κ1) is 25.6. The van der Waals surface area contributed by atoms with Gasteiger partial charge in [0.15, 0.2) is 11.6 Å². The molecule has 2 aliphatic rings. The fraction of sp³-hybridized carbons (Fsp3) is 0.286. The first-order valence-corrected chi connectivity index (χ1v) is 13.7. The second-order valence-electron chi connectivity index (χ2n) is 9.75. The molecule has 0 spiro atoms. The fourth-order valence-electron chi connectivity index (χ4n) is 5.13. The van der Waals surface area contributed by atoms with Crippen LogP contribution in [0, 0.1) is 0 Å². The molecule has 4 heterocycles. The first-order valence-electron chi connectivity index (χ1n) is 12.9. The van der Waals surface area contributed by atoms with Crippen LogP contribution in [0.2, 0.25) is 10.0 Å². The molecule has 11 heteroatoms. The minimum absolute atomic E-state index is 0.0525. The van der Waals surface area contributed by atoms with Crippen molar-refractivity contribution in [1.29, 1.82) is 0 Å². The Kier molecular flexibility index (Phi) is 7.12. The SMILES string of the molecule is CN1CCN(c2c(Cl)cc(Nc3ncc(Cl)c(Nc4cccnc4N4CCCC4=O)n3)c3ccccc23)CC1. The number of pyridine rings is 1. The summed E-state index contributed by atoms with van der Waals surface area (Å²) < 4.78 is 0. The molecule has 2 fully saturated rings. The molecule has 2 aliphatic heterocycles. The molecule has 39 heavy (non-hydrogen) atoms. The van der Waals surface area contributed by atoms with E-state index in [0.29, 0.717) is 46.3 Å². The van der Waals surface area contributed by atoms with Crippen molar-refractivity contribution in [3.63, 3.8) is 0 Å². The van der Waals surface area contributed by atoms with Gasteiger partial charge in [-0.3, -0.25) is 9.69 Å². The van der Waals surface area contributed by atoms with E-state index in [4.69, 9.17) is 23.2 Å². The maximum atomic E-state index is 12.4. The van der Waals surface area contributed by atoms with Crippen LogP contribution < -0.4 is 20.4 Å². The number of piperazine rings is 1. The Labute approximate surface area is 236 Å². The van der Waals surface area contributed by atoms with Gasteiger partial charge < -0.3 is 20.4 Å². The van der Waals surface area contributed by atoms with Crippen LogP contribution in [0.4, 0.5) is 34.6 Å². The number of carbonyl (C=O) groups excluding carboxylic acids is 1. The van der Waals surface area contributed by atoms with Crippen LogP contribution >= 0.6 is 23.2 Å². The van der Waals surface area contributed by atoms with Gasteiger partial charge in [-0.25, -0.2) is 9.97 Å². The van der Waals surface area contributed by atoms with Gasteiger partial charge in [-0.2, -0.15) is 4.98 Å². The van der Waals surface area contributed by atoms with Gasteiger partial charge in [0, 0.05) is 56.1 Å². The van der Waals surface area contributed by atoms with Crippen LogP contribution in [-0.2, 0) is 4.79 Å². The molecule has 9 nitrogen and oxygen atoms in total. The number of benzene rings is 2. The summed E-state index contributed by atoms with van der Waals surface area (Å²) in [6.07, 6.45) is 4.53. The normalized spacial score (nSPS) is 16.2. The van der Waals surface area contributed by atoms with Gasteiger partial charge in [-0.1, -0.05) is 47.5 Å². The minimum atomic E-state index is 0.0525. The van der Waals surface area contributed by atoms with E-state index in [1.54, 1.807) is 23.4 Å². The lowest BCUT2D eigenvalue weighted by Crippen LogP contribution is -2.44. The highest BCUT2D eigenvalue weighted by Gasteiger charge is 2.25. The summed E-state index contributed by atoms with van der Waals surface area (Å²) in [5, 5.41) is 9.70. The summed E-state index contributed by atoms with van der Waals surface area (Å²) in [5.74, 6) is 1.37. The van der Waals surface area contributed by atoms with Crippen LogP contribution in [0.5, 0.6) is 0 Å². The van der Waals surface area contributed by atoms with Crippen molar-refractivity contribution in [2.45, 2.75) is 12.8 Å². The van der Waals surface area contributed by atoms with Crippen molar-refractivity contribution < 1.29 is 4.79 Å². The number of hydrogen-bond donors (Lipinski definition) is 2. The molecule has 0 unspecified atom stereocenters. The Morgan fingerprint density at radius 1 is 0.872 bits per heavy atom. The van der Waals surface area contributed by atoms with E-state index in [1.165, 1.54) is 0 Å². The minimum Gasteiger partial charge on any atom is -0.367 e. The van der Waals surface area contributed by atoms with Crippen LogP contribution in [0.3, 0.4) is 0 Å². The fourth-order valence-corrected chi connectivity index (χ4v) is 5.59. The molecular weight excluding hydrogens is 535 g/mol. The number of fused-ring (bicyclic) bond motifs is 1. The first-order chi connectivity index (χ1) is 19.0. The van der Waals surface area contributed by atoms with Crippen molar-refractivity contribution >= 4 is 74.5 Å².